The quantitative estimate of drug-likeness (QED) is 0.868. The molecule has 2 aromatic rings. The van der Waals surface area contributed by atoms with E-state index < -0.39 is 0 Å². The highest BCUT2D eigenvalue weighted by atomic mass is 79.9. The number of anilines is 1. The third-order valence-corrected chi connectivity index (χ3v) is 4.20. The maximum Gasteiger partial charge on any atom is 0.239 e. The van der Waals surface area contributed by atoms with E-state index in [1.165, 1.54) is 11.8 Å². The number of thioether (sulfide) groups is 1. The lowest BCUT2D eigenvalue weighted by molar-refractivity contribution is -0.115. The van der Waals surface area contributed by atoms with Crippen LogP contribution in [-0.4, -0.2) is 26.1 Å². The number of carbonyl (C=O) groups is 1. The zero-order chi connectivity index (χ0) is 13.7. The zero-order valence-corrected chi connectivity index (χ0v) is 12.5. The number of hydrogen-bond donors (Lipinski definition) is 1. The van der Waals surface area contributed by atoms with Gasteiger partial charge in [0.15, 0.2) is 0 Å². The molecule has 1 N–H and O–H groups in total. The summed E-state index contributed by atoms with van der Waals surface area (Å²) in [4.78, 5) is 24.1. The Labute approximate surface area is 123 Å². The van der Waals surface area contributed by atoms with Crippen LogP contribution in [0.3, 0.4) is 0 Å². The Morgan fingerprint density at radius 1 is 1.26 bits per heavy atom. The highest BCUT2D eigenvalue weighted by Gasteiger charge is 2.17. The van der Waals surface area contributed by atoms with Crippen molar-refractivity contribution < 1.29 is 4.79 Å². The standard InChI is InChI=1S/C12H11BrN4OS/c1-8(19-11-9(13)4-2-5-14-11)10(18)17-12-15-6-3-7-16-12/h2-8H,1H3,(H,15,16,17,18)/t8-/m1/s1. The van der Waals surface area contributed by atoms with Gasteiger partial charge in [-0.1, -0.05) is 11.8 Å². The fraction of sp³-hybridized carbons (Fsp3) is 0.167. The topological polar surface area (TPSA) is 67.8 Å². The first-order chi connectivity index (χ1) is 9.16. The molecule has 0 bridgehead atoms. The van der Waals surface area contributed by atoms with Gasteiger partial charge in [-0.2, -0.15) is 0 Å². The van der Waals surface area contributed by atoms with Crippen LogP contribution in [0.2, 0.25) is 0 Å². The Kier molecular flexibility index (Phi) is 4.86. The number of aromatic nitrogens is 3. The molecule has 1 amide bonds. The third kappa shape index (κ3) is 4.00. The number of amides is 1. The molecule has 0 aromatic carbocycles. The van der Waals surface area contributed by atoms with Crippen LogP contribution >= 0.6 is 27.7 Å². The highest BCUT2D eigenvalue weighted by Crippen LogP contribution is 2.28. The molecule has 0 aliphatic carbocycles. The Morgan fingerprint density at radius 3 is 2.63 bits per heavy atom. The van der Waals surface area contributed by atoms with E-state index in [0.717, 1.165) is 9.50 Å². The number of carbonyl (C=O) groups excluding carboxylic acids is 1. The van der Waals surface area contributed by atoms with Crippen LogP contribution < -0.4 is 5.32 Å². The molecule has 0 fully saturated rings. The van der Waals surface area contributed by atoms with Crippen LogP contribution in [-0.2, 0) is 4.79 Å². The van der Waals surface area contributed by atoms with Gasteiger partial charge in [0.25, 0.3) is 0 Å². The normalized spacial score (nSPS) is 11.9. The van der Waals surface area contributed by atoms with Gasteiger partial charge in [-0.3, -0.25) is 10.1 Å². The second-order valence-electron chi connectivity index (χ2n) is 3.61. The van der Waals surface area contributed by atoms with E-state index in [2.05, 4.69) is 36.2 Å². The first-order valence-corrected chi connectivity index (χ1v) is 7.19. The summed E-state index contributed by atoms with van der Waals surface area (Å²) in [5.74, 6) is 0.147. The van der Waals surface area contributed by atoms with Crippen molar-refractivity contribution in [2.75, 3.05) is 5.32 Å². The molecule has 0 aliphatic rings. The molecule has 0 aliphatic heterocycles. The summed E-state index contributed by atoms with van der Waals surface area (Å²) in [5, 5.41) is 3.14. The summed E-state index contributed by atoms with van der Waals surface area (Å²) in [6.07, 6.45) is 4.85. The molecular formula is C12H11BrN4OS. The highest BCUT2D eigenvalue weighted by molar-refractivity contribution is 9.10. The zero-order valence-electron chi connectivity index (χ0n) is 10.1. The first-order valence-electron chi connectivity index (χ1n) is 5.52. The minimum absolute atomic E-state index is 0.159. The van der Waals surface area contributed by atoms with Crippen LogP contribution in [0.25, 0.3) is 0 Å². The van der Waals surface area contributed by atoms with Crippen molar-refractivity contribution in [2.24, 2.45) is 0 Å². The first kappa shape index (κ1) is 14.0. The summed E-state index contributed by atoms with van der Waals surface area (Å²) >= 11 is 4.77. The van der Waals surface area contributed by atoms with Crippen molar-refractivity contribution >= 4 is 39.5 Å². The second kappa shape index (κ2) is 6.63. The molecule has 2 aromatic heterocycles. The monoisotopic (exact) mass is 338 g/mol. The van der Waals surface area contributed by atoms with Crippen LogP contribution in [0.15, 0.2) is 46.3 Å². The molecule has 19 heavy (non-hydrogen) atoms. The Morgan fingerprint density at radius 2 is 1.95 bits per heavy atom. The largest absolute Gasteiger partial charge is 0.294 e. The molecule has 2 heterocycles. The summed E-state index contributed by atoms with van der Waals surface area (Å²) in [7, 11) is 0. The summed E-state index contributed by atoms with van der Waals surface area (Å²) in [6.45, 7) is 1.81. The number of nitrogens with one attached hydrogen (secondary N) is 1. The molecule has 0 radical (unpaired) electrons. The van der Waals surface area contributed by atoms with E-state index in [1.54, 1.807) is 24.7 Å². The summed E-state index contributed by atoms with van der Waals surface area (Å²) < 4.78 is 0.871. The Hall–Kier alpha value is -1.47. The molecule has 0 spiro atoms. The number of halogens is 1. The van der Waals surface area contributed by atoms with Crippen LogP contribution in [0, 0.1) is 0 Å². The third-order valence-electron chi connectivity index (χ3n) is 2.18. The summed E-state index contributed by atoms with van der Waals surface area (Å²) in [5.41, 5.74) is 0. The average molecular weight is 339 g/mol. The van der Waals surface area contributed by atoms with E-state index in [4.69, 9.17) is 0 Å². The lowest BCUT2D eigenvalue weighted by Gasteiger charge is -2.11. The van der Waals surface area contributed by atoms with Gasteiger partial charge in [0, 0.05) is 23.1 Å². The lowest BCUT2D eigenvalue weighted by atomic mass is 10.4. The van der Waals surface area contributed by atoms with Crippen molar-refractivity contribution in [3.05, 3.63) is 41.3 Å². The van der Waals surface area contributed by atoms with Gasteiger partial charge >= 0.3 is 0 Å². The number of hydrogen-bond acceptors (Lipinski definition) is 5. The van der Waals surface area contributed by atoms with Gasteiger partial charge in [-0.15, -0.1) is 0 Å². The van der Waals surface area contributed by atoms with E-state index in [0.29, 0.717) is 5.95 Å². The van der Waals surface area contributed by atoms with Gasteiger partial charge in [0.1, 0.15) is 5.03 Å². The van der Waals surface area contributed by atoms with Crippen molar-refractivity contribution in [3.8, 4) is 0 Å². The number of pyridine rings is 1. The Balaban J connectivity index is 1.98. The molecular weight excluding hydrogens is 328 g/mol. The smallest absolute Gasteiger partial charge is 0.239 e. The lowest BCUT2D eigenvalue weighted by Crippen LogP contribution is -2.23. The molecule has 5 nitrogen and oxygen atoms in total. The van der Waals surface area contributed by atoms with E-state index in [9.17, 15) is 4.79 Å². The molecule has 1 atom stereocenters. The molecule has 7 heteroatoms. The van der Waals surface area contributed by atoms with Gasteiger partial charge in [0.2, 0.25) is 11.9 Å². The minimum atomic E-state index is -0.296. The summed E-state index contributed by atoms with van der Waals surface area (Å²) in [6, 6.07) is 5.41. The van der Waals surface area contributed by atoms with E-state index in [-0.39, 0.29) is 11.2 Å². The van der Waals surface area contributed by atoms with Crippen molar-refractivity contribution in [1.29, 1.82) is 0 Å². The Bertz CT molecular complexity index is 567. The molecule has 0 saturated carbocycles. The van der Waals surface area contributed by atoms with E-state index in [1.807, 2.05) is 19.1 Å². The van der Waals surface area contributed by atoms with Gasteiger partial charge in [-0.05, 0) is 41.1 Å². The minimum Gasteiger partial charge on any atom is -0.294 e. The molecule has 0 unspecified atom stereocenters. The van der Waals surface area contributed by atoms with Crippen molar-refractivity contribution in [2.45, 2.75) is 17.2 Å². The van der Waals surface area contributed by atoms with Crippen molar-refractivity contribution in [1.82, 2.24) is 15.0 Å². The van der Waals surface area contributed by atoms with E-state index >= 15 is 0 Å². The van der Waals surface area contributed by atoms with Gasteiger partial charge < -0.3 is 0 Å². The fourth-order valence-electron chi connectivity index (χ4n) is 1.25. The second-order valence-corrected chi connectivity index (χ2v) is 5.80. The maximum absolute atomic E-state index is 12.0. The van der Waals surface area contributed by atoms with Crippen LogP contribution in [0.4, 0.5) is 5.95 Å². The van der Waals surface area contributed by atoms with Gasteiger partial charge in [0.05, 0.1) is 5.25 Å². The average Bonchev–Trinajstić information content (AvgIpc) is 2.42. The maximum atomic E-state index is 12.0. The van der Waals surface area contributed by atoms with Crippen molar-refractivity contribution in [3.63, 3.8) is 0 Å². The number of nitrogens with zero attached hydrogens (tertiary/aromatic N) is 3. The predicted octanol–water partition coefficient (Wildman–Crippen LogP) is 2.75. The molecule has 0 saturated heterocycles. The SMILES string of the molecule is C[C@@H](Sc1ncccc1Br)C(=O)Nc1ncccn1. The van der Waals surface area contributed by atoms with Crippen LogP contribution in [0.1, 0.15) is 6.92 Å². The molecule has 2 rings (SSSR count). The molecule has 98 valence electrons. The van der Waals surface area contributed by atoms with Crippen LogP contribution in [0.5, 0.6) is 0 Å². The van der Waals surface area contributed by atoms with Gasteiger partial charge in [-0.25, -0.2) is 15.0 Å². The number of rotatable bonds is 4. The predicted molar refractivity (Wildman–Crippen MR) is 77.9 cm³/mol. The fourth-order valence-corrected chi connectivity index (χ4v) is 2.59.